The van der Waals surface area contributed by atoms with E-state index < -0.39 is 15.9 Å². The molecule has 0 aliphatic heterocycles. The molecule has 0 bridgehead atoms. The molecule has 0 radical (unpaired) electrons. The summed E-state index contributed by atoms with van der Waals surface area (Å²) in [4.78, 5) is 12.5. The molecule has 1 amide bonds. The van der Waals surface area contributed by atoms with Gasteiger partial charge in [-0.25, -0.2) is 8.42 Å². The van der Waals surface area contributed by atoms with E-state index in [1.165, 1.54) is 37.4 Å². The molecule has 0 spiro atoms. The Morgan fingerprint density at radius 3 is 2.45 bits per heavy atom. The minimum atomic E-state index is -3.95. The molecule has 3 aromatic carbocycles. The van der Waals surface area contributed by atoms with Crippen LogP contribution in [0.4, 0.5) is 11.4 Å². The number of hydrogen-bond donors (Lipinski definition) is 3. The van der Waals surface area contributed by atoms with Crippen molar-refractivity contribution in [1.82, 2.24) is 0 Å². The summed E-state index contributed by atoms with van der Waals surface area (Å²) in [6, 6.07) is 17.1. The number of anilines is 2. The van der Waals surface area contributed by atoms with Crippen LogP contribution in [0.1, 0.15) is 15.9 Å². The molecule has 0 unspecified atom stereocenters. The van der Waals surface area contributed by atoms with Gasteiger partial charge in [-0.3, -0.25) is 9.52 Å². The Morgan fingerprint density at radius 1 is 0.966 bits per heavy atom. The van der Waals surface area contributed by atoms with Crippen molar-refractivity contribution in [3.05, 3.63) is 77.9 Å². The summed E-state index contributed by atoms with van der Waals surface area (Å²) >= 11 is 0. The van der Waals surface area contributed by atoms with Crippen LogP contribution in [0, 0.1) is 6.92 Å². The molecule has 3 aromatic rings. The molecule has 8 heteroatoms. The van der Waals surface area contributed by atoms with Gasteiger partial charge in [0.2, 0.25) is 0 Å². The number of aromatic hydroxyl groups is 1. The summed E-state index contributed by atoms with van der Waals surface area (Å²) in [6.07, 6.45) is 0. The Kier molecular flexibility index (Phi) is 5.74. The third-order valence-electron chi connectivity index (χ3n) is 4.16. The zero-order valence-corrected chi connectivity index (χ0v) is 16.7. The normalized spacial score (nSPS) is 11.0. The van der Waals surface area contributed by atoms with E-state index >= 15 is 0 Å². The first-order valence-corrected chi connectivity index (χ1v) is 10.2. The third kappa shape index (κ3) is 4.67. The largest absolute Gasteiger partial charge is 0.506 e. The summed E-state index contributed by atoms with van der Waals surface area (Å²) in [5.41, 5.74) is 1.50. The molecule has 0 aromatic heterocycles. The number of nitrogens with one attached hydrogen (secondary N) is 2. The second-order valence-electron chi connectivity index (χ2n) is 6.31. The van der Waals surface area contributed by atoms with Gasteiger partial charge in [0, 0.05) is 5.56 Å². The Labute approximate surface area is 169 Å². The monoisotopic (exact) mass is 412 g/mol. The van der Waals surface area contributed by atoms with Gasteiger partial charge in [0.05, 0.1) is 23.4 Å². The smallest absolute Gasteiger partial charge is 0.262 e. The lowest BCUT2D eigenvalue weighted by molar-refractivity contribution is 0.102. The summed E-state index contributed by atoms with van der Waals surface area (Å²) < 4.78 is 33.1. The van der Waals surface area contributed by atoms with Crippen molar-refractivity contribution < 1.29 is 23.1 Å². The maximum absolute atomic E-state index is 12.8. The average molecular weight is 412 g/mol. The fourth-order valence-electron chi connectivity index (χ4n) is 2.68. The van der Waals surface area contributed by atoms with Crippen LogP contribution in [-0.2, 0) is 10.0 Å². The molecule has 0 saturated heterocycles. The molecule has 0 saturated carbocycles. The van der Waals surface area contributed by atoms with Gasteiger partial charge in [-0.2, -0.15) is 0 Å². The second-order valence-corrected chi connectivity index (χ2v) is 7.99. The highest BCUT2D eigenvalue weighted by Gasteiger charge is 2.18. The molecule has 0 aliphatic carbocycles. The van der Waals surface area contributed by atoms with Crippen molar-refractivity contribution in [3.63, 3.8) is 0 Å². The Bertz CT molecular complexity index is 1160. The molecule has 3 rings (SSSR count). The van der Waals surface area contributed by atoms with Crippen LogP contribution < -0.4 is 14.8 Å². The maximum Gasteiger partial charge on any atom is 0.262 e. The number of carbonyl (C=O) groups excluding carboxylic acids is 1. The second kappa shape index (κ2) is 8.24. The predicted molar refractivity (Wildman–Crippen MR) is 111 cm³/mol. The third-order valence-corrected chi connectivity index (χ3v) is 5.52. The molecule has 0 atom stereocenters. The first-order chi connectivity index (χ1) is 13.8. The SMILES string of the molecule is COc1ccccc1NS(=O)(=O)c1cccc(C(=O)Nc2ccc(C)cc2O)c1. The van der Waals surface area contributed by atoms with Crippen molar-refractivity contribution in [1.29, 1.82) is 0 Å². The van der Waals surface area contributed by atoms with E-state index in [2.05, 4.69) is 10.0 Å². The van der Waals surface area contributed by atoms with Gasteiger partial charge in [0.25, 0.3) is 15.9 Å². The van der Waals surface area contributed by atoms with Crippen molar-refractivity contribution in [2.45, 2.75) is 11.8 Å². The fraction of sp³-hybridized carbons (Fsp3) is 0.0952. The quantitative estimate of drug-likeness (QED) is 0.535. The van der Waals surface area contributed by atoms with Crippen LogP contribution in [0.5, 0.6) is 11.5 Å². The van der Waals surface area contributed by atoms with Crippen LogP contribution in [0.25, 0.3) is 0 Å². The highest BCUT2D eigenvalue weighted by atomic mass is 32.2. The highest BCUT2D eigenvalue weighted by Crippen LogP contribution is 2.27. The minimum absolute atomic E-state index is 0.0695. The van der Waals surface area contributed by atoms with Gasteiger partial charge in [-0.05, 0) is 55.0 Å². The summed E-state index contributed by atoms with van der Waals surface area (Å²) in [5.74, 6) is -0.238. The lowest BCUT2D eigenvalue weighted by Gasteiger charge is -2.12. The Hall–Kier alpha value is -3.52. The number of para-hydroxylation sites is 2. The van der Waals surface area contributed by atoms with Gasteiger partial charge in [0.1, 0.15) is 11.5 Å². The van der Waals surface area contributed by atoms with E-state index in [0.29, 0.717) is 5.75 Å². The molecule has 0 aliphatic rings. The summed E-state index contributed by atoms with van der Waals surface area (Å²) in [7, 11) is -2.50. The van der Waals surface area contributed by atoms with Crippen molar-refractivity contribution in [3.8, 4) is 11.5 Å². The van der Waals surface area contributed by atoms with Crippen LogP contribution in [0.2, 0.25) is 0 Å². The molecule has 150 valence electrons. The highest BCUT2D eigenvalue weighted by molar-refractivity contribution is 7.92. The van der Waals surface area contributed by atoms with Crippen LogP contribution in [-0.4, -0.2) is 26.5 Å². The van der Waals surface area contributed by atoms with E-state index in [0.717, 1.165) is 5.56 Å². The number of rotatable bonds is 6. The lowest BCUT2D eigenvalue weighted by Crippen LogP contribution is -2.16. The van der Waals surface area contributed by atoms with E-state index in [-0.39, 0.29) is 27.6 Å². The molecule has 7 nitrogen and oxygen atoms in total. The van der Waals surface area contributed by atoms with Gasteiger partial charge < -0.3 is 15.2 Å². The van der Waals surface area contributed by atoms with E-state index in [4.69, 9.17) is 4.74 Å². The number of phenols is 1. The fourth-order valence-corrected chi connectivity index (χ4v) is 3.79. The van der Waals surface area contributed by atoms with Crippen LogP contribution in [0.15, 0.2) is 71.6 Å². The van der Waals surface area contributed by atoms with Gasteiger partial charge in [-0.1, -0.05) is 24.3 Å². The van der Waals surface area contributed by atoms with Crippen molar-refractivity contribution in [2.75, 3.05) is 17.1 Å². The number of carbonyl (C=O) groups is 1. The van der Waals surface area contributed by atoms with Crippen molar-refractivity contribution >= 4 is 27.3 Å². The molecule has 0 heterocycles. The number of amides is 1. The van der Waals surface area contributed by atoms with Gasteiger partial charge in [-0.15, -0.1) is 0 Å². The van der Waals surface area contributed by atoms with E-state index in [1.54, 1.807) is 36.4 Å². The number of aryl methyl sites for hydroxylation is 1. The predicted octanol–water partition coefficient (Wildman–Crippen LogP) is 3.76. The number of sulfonamides is 1. The number of hydrogen-bond acceptors (Lipinski definition) is 5. The van der Waals surface area contributed by atoms with Crippen LogP contribution in [0.3, 0.4) is 0 Å². The molecular weight excluding hydrogens is 392 g/mol. The zero-order valence-electron chi connectivity index (χ0n) is 15.8. The lowest BCUT2D eigenvalue weighted by atomic mass is 10.2. The Balaban J connectivity index is 1.85. The van der Waals surface area contributed by atoms with E-state index in [1.807, 2.05) is 6.92 Å². The van der Waals surface area contributed by atoms with Gasteiger partial charge in [0.15, 0.2) is 0 Å². The number of ether oxygens (including phenoxy) is 1. The molecule has 29 heavy (non-hydrogen) atoms. The van der Waals surface area contributed by atoms with Crippen molar-refractivity contribution in [2.24, 2.45) is 0 Å². The first-order valence-electron chi connectivity index (χ1n) is 8.67. The molecular formula is C21H20N2O5S. The number of benzene rings is 3. The number of methoxy groups -OCH3 is 1. The Morgan fingerprint density at radius 2 is 1.72 bits per heavy atom. The molecule has 0 fully saturated rings. The van der Waals surface area contributed by atoms with E-state index in [9.17, 15) is 18.3 Å². The summed E-state index contributed by atoms with van der Waals surface area (Å²) in [5, 5.41) is 12.5. The van der Waals surface area contributed by atoms with Crippen LogP contribution >= 0.6 is 0 Å². The standard InChI is InChI=1S/C21H20N2O5S/c1-14-10-11-17(19(24)12-14)22-21(25)15-6-5-7-16(13-15)29(26,27)23-18-8-3-4-9-20(18)28-2/h3-13,23-24H,1-2H3,(H,22,25). The zero-order chi connectivity index (χ0) is 21.0. The minimum Gasteiger partial charge on any atom is -0.506 e. The average Bonchev–Trinajstić information content (AvgIpc) is 2.70. The topological polar surface area (TPSA) is 105 Å². The maximum atomic E-state index is 12.8. The first kappa shape index (κ1) is 20.2. The number of phenolic OH excluding ortho intramolecular Hbond substituents is 1. The summed E-state index contributed by atoms with van der Waals surface area (Å²) in [6.45, 7) is 1.81. The molecule has 3 N–H and O–H groups in total. The van der Waals surface area contributed by atoms with Gasteiger partial charge >= 0.3 is 0 Å².